The molecule has 0 aromatic carbocycles. The Hall–Kier alpha value is 0.390. The maximum atomic E-state index is 4.87. The first kappa shape index (κ1) is 12.1. The molecule has 58 valence electrons. The molecule has 0 fully saturated rings. The molecule has 0 amide bonds. The minimum atomic E-state index is 0.269. The van der Waals surface area contributed by atoms with Crippen molar-refractivity contribution in [3.05, 3.63) is 0 Å². The number of rotatable bonds is 3. The maximum absolute atomic E-state index is 4.87. The zero-order valence-electron chi connectivity index (χ0n) is 7.27. The van der Waals surface area contributed by atoms with Crippen LogP contribution in [0.1, 0.15) is 13.8 Å². The van der Waals surface area contributed by atoms with Crippen molar-refractivity contribution in [1.82, 2.24) is 0 Å². The topological polar surface area (TPSA) is 9.23 Å². The van der Waals surface area contributed by atoms with Gasteiger partial charge in [-0.05, 0) is 19.5 Å². The average molecular weight is 150 g/mol. The Kier molecular flexibility index (Phi) is 15.1. The normalized spacial score (nSPS) is 8.67. The highest BCUT2D eigenvalue weighted by atomic mass is 31.1. The van der Waals surface area contributed by atoms with Crippen LogP contribution in [0, 0.1) is 0 Å². The quantitative estimate of drug-likeness (QED) is 0.561. The Morgan fingerprint density at radius 2 is 1.67 bits per heavy atom. The molecule has 0 bridgehead atoms. The van der Waals surface area contributed by atoms with Gasteiger partial charge in [0.25, 0.3) is 0 Å². The van der Waals surface area contributed by atoms with Gasteiger partial charge >= 0.3 is 0 Å². The summed E-state index contributed by atoms with van der Waals surface area (Å²) in [6, 6.07) is 0. The first-order valence-electron chi connectivity index (χ1n) is 3.41. The molecule has 1 nitrogen and oxygen atoms in total. The van der Waals surface area contributed by atoms with Crippen molar-refractivity contribution in [2.45, 2.75) is 13.8 Å². The van der Waals surface area contributed by atoms with Crippen molar-refractivity contribution in [1.29, 1.82) is 0 Å². The van der Waals surface area contributed by atoms with Gasteiger partial charge in [-0.1, -0.05) is 13.8 Å². The minimum absolute atomic E-state index is 0.269. The molecule has 0 aromatic rings. The second-order valence-corrected chi connectivity index (χ2v) is 4.40. The van der Waals surface area contributed by atoms with Gasteiger partial charge in [-0.25, -0.2) is 0 Å². The molecule has 0 heterocycles. The van der Waals surface area contributed by atoms with E-state index in [9.17, 15) is 0 Å². The summed E-state index contributed by atoms with van der Waals surface area (Å²) in [4.78, 5) is 0. The highest BCUT2D eigenvalue weighted by Crippen LogP contribution is 2.22. The highest BCUT2D eigenvalue weighted by Gasteiger charge is 1.87. The van der Waals surface area contributed by atoms with Gasteiger partial charge in [0.15, 0.2) is 0 Å². The first-order valence-corrected chi connectivity index (χ1v) is 5.83. The van der Waals surface area contributed by atoms with Gasteiger partial charge in [-0.15, -0.1) is 7.92 Å². The van der Waals surface area contributed by atoms with E-state index < -0.39 is 0 Å². The SMILES string of the molecule is CC.COCCP(C)C. The third-order valence-electron chi connectivity index (χ3n) is 0.743. The lowest BCUT2D eigenvalue weighted by molar-refractivity contribution is 0.218. The zero-order valence-corrected chi connectivity index (χ0v) is 8.16. The van der Waals surface area contributed by atoms with Gasteiger partial charge in [-0.3, -0.25) is 0 Å². The fraction of sp³-hybridized carbons (Fsp3) is 1.00. The fourth-order valence-corrected chi connectivity index (χ4v) is 0.822. The monoisotopic (exact) mass is 150 g/mol. The molecular formula is C7H19OP. The van der Waals surface area contributed by atoms with Crippen molar-refractivity contribution < 1.29 is 4.74 Å². The Bertz CT molecular complexity index is 37.9. The summed E-state index contributed by atoms with van der Waals surface area (Å²) in [5.74, 6) is 0. The first-order chi connectivity index (χ1) is 4.27. The van der Waals surface area contributed by atoms with E-state index in [1.54, 1.807) is 7.11 Å². The lowest BCUT2D eigenvalue weighted by Crippen LogP contribution is -1.91. The number of methoxy groups -OCH3 is 1. The molecule has 0 aliphatic heterocycles. The van der Waals surface area contributed by atoms with Gasteiger partial charge in [0, 0.05) is 7.11 Å². The van der Waals surface area contributed by atoms with Crippen LogP contribution in [0.2, 0.25) is 0 Å². The second-order valence-electron chi connectivity index (χ2n) is 1.80. The molecule has 0 radical (unpaired) electrons. The van der Waals surface area contributed by atoms with Gasteiger partial charge in [0.1, 0.15) is 0 Å². The second kappa shape index (κ2) is 11.2. The largest absolute Gasteiger partial charge is 0.384 e. The Balaban J connectivity index is 0. The van der Waals surface area contributed by atoms with Crippen LogP contribution in [0.25, 0.3) is 0 Å². The van der Waals surface area contributed by atoms with Gasteiger partial charge in [0.2, 0.25) is 0 Å². The smallest absolute Gasteiger partial charge is 0.0501 e. The number of hydrogen-bond acceptors (Lipinski definition) is 1. The molecule has 0 atom stereocenters. The molecule has 0 saturated heterocycles. The van der Waals surface area contributed by atoms with Crippen LogP contribution in [0.3, 0.4) is 0 Å². The summed E-state index contributed by atoms with van der Waals surface area (Å²) in [6.45, 7) is 9.45. The van der Waals surface area contributed by atoms with Crippen LogP contribution in [-0.2, 0) is 4.74 Å². The standard InChI is InChI=1S/C5H13OP.C2H6/c1-6-4-5-7(2)3;1-2/h4-5H2,1-3H3;1-2H3. The van der Waals surface area contributed by atoms with Crippen LogP contribution in [0.4, 0.5) is 0 Å². The molecule has 2 heteroatoms. The summed E-state index contributed by atoms with van der Waals surface area (Å²) in [5, 5.41) is 0. The van der Waals surface area contributed by atoms with Crippen molar-refractivity contribution >= 4 is 7.92 Å². The average Bonchev–Trinajstić information content (AvgIpc) is 1.88. The third-order valence-corrected chi connectivity index (χ3v) is 1.82. The van der Waals surface area contributed by atoms with Crippen molar-refractivity contribution in [3.8, 4) is 0 Å². The van der Waals surface area contributed by atoms with Crippen molar-refractivity contribution in [2.24, 2.45) is 0 Å². The number of ether oxygens (including phenoxy) is 1. The van der Waals surface area contributed by atoms with E-state index >= 15 is 0 Å². The zero-order chi connectivity index (χ0) is 7.70. The third kappa shape index (κ3) is 17.8. The van der Waals surface area contributed by atoms with Crippen LogP contribution >= 0.6 is 7.92 Å². The van der Waals surface area contributed by atoms with E-state index in [0.29, 0.717) is 0 Å². The molecule has 0 unspecified atom stereocenters. The van der Waals surface area contributed by atoms with E-state index in [-0.39, 0.29) is 7.92 Å². The molecule has 0 spiro atoms. The summed E-state index contributed by atoms with van der Waals surface area (Å²) in [7, 11) is 2.02. The lowest BCUT2D eigenvalue weighted by Gasteiger charge is -2.00. The Labute approximate surface area is 60.5 Å². The predicted molar refractivity (Wildman–Crippen MR) is 46.9 cm³/mol. The van der Waals surface area contributed by atoms with Crippen molar-refractivity contribution in [2.75, 3.05) is 33.2 Å². The maximum Gasteiger partial charge on any atom is 0.0501 e. The molecule has 0 rings (SSSR count). The predicted octanol–water partition coefficient (Wildman–Crippen LogP) is 2.40. The van der Waals surface area contributed by atoms with E-state index in [0.717, 1.165) is 6.61 Å². The molecule has 0 aromatic heterocycles. The summed E-state index contributed by atoms with van der Waals surface area (Å²) >= 11 is 0. The fourth-order valence-electron chi connectivity index (χ4n) is 0.274. The van der Waals surface area contributed by atoms with Gasteiger partial charge in [0.05, 0.1) is 6.61 Å². The summed E-state index contributed by atoms with van der Waals surface area (Å²) in [5.41, 5.74) is 0. The molecule has 0 saturated carbocycles. The highest BCUT2D eigenvalue weighted by molar-refractivity contribution is 7.55. The lowest BCUT2D eigenvalue weighted by atomic mass is 10.9. The summed E-state index contributed by atoms with van der Waals surface area (Å²) < 4.78 is 4.87. The van der Waals surface area contributed by atoms with Gasteiger partial charge in [-0.2, -0.15) is 0 Å². The Morgan fingerprint density at radius 3 is 1.78 bits per heavy atom. The Morgan fingerprint density at radius 1 is 1.22 bits per heavy atom. The van der Waals surface area contributed by atoms with Gasteiger partial charge < -0.3 is 4.74 Å². The van der Waals surface area contributed by atoms with Crippen LogP contribution in [0.5, 0.6) is 0 Å². The summed E-state index contributed by atoms with van der Waals surface area (Å²) in [6.07, 6.45) is 1.24. The van der Waals surface area contributed by atoms with E-state index in [4.69, 9.17) is 4.74 Å². The molecule has 9 heavy (non-hydrogen) atoms. The van der Waals surface area contributed by atoms with Crippen LogP contribution in [0.15, 0.2) is 0 Å². The van der Waals surface area contributed by atoms with Crippen LogP contribution in [-0.4, -0.2) is 33.2 Å². The molecule has 0 N–H and O–H groups in total. The van der Waals surface area contributed by atoms with E-state index in [2.05, 4.69) is 13.3 Å². The molecular weight excluding hydrogens is 131 g/mol. The molecule has 0 aliphatic carbocycles. The number of hydrogen-bond donors (Lipinski definition) is 0. The minimum Gasteiger partial charge on any atom is -0.384 e. The van der Waals surface area contributed by atoms with E-state index in [1.807, 2.05) is 13.8 Å². The van der Waals surface area contributed by atoms with Crippen molar-refractivity contribution in [3.63, 3.8) is 0 Å². The van der Waals surface area contributed by atoms with Crippen LogP contribution < -0.4 is 0 Å². The van der Waals surface area contributed by atoms with E-state index in [1.165, 1.54) is 6.16 Å². The molecule has 0 aliphatic rings.